The number of carboxylic acids is 1. The van der Waals surface area contributed by atoms with Gasteiger partial charge in [-0.3, -0.25) is 9.59 Å². The second-order valence-electron chi connectivity index (χ2n) is 4.74. The molecule has 0 unspecified atom stereocenters. The van der Waals surface area contributed by atoms with E-state index in [9.17, 15) is 9.59 Å². The first-order valence-electron chi connectivity index (χ1n) is 6.20. The minimum Gasteiger partial charge on any atom is -0.481 e. The summed E-state index contributed by atoms with van der Waals surface area (Å²) in [4.78, 5) is 23.5. The van der Waals surface area contributed by atoms with Gasteiger partial charge in [0.1, 0.15) is 0 Å². The summed E-state index contributed by atoms with van der Waals surface area (Å²) in [5, 5.41) is 8.58. The quantitative estimate of drug-likeness (QED) is 0.779. The Morgan fingerprint density at radius 1 is 1.37 bits per heavy atom. The van der Waals surface area contributed by atoms with Gasteiger partial charge in [-0.1, -0.05) is 6.07 Å². The lowest BCUT2D eigenvalue weighted by atomic mass is 10.0. The van der Waals surface area contributed by atoms with Crippen LogP contribution >= 0.6 is 0 Å². The highest BCUT2D eigenvalue weighted by atomic mass is 16.4. The Labute approximate surface area is 113 Å². The van der Waals surface area contributed by atoms with Crippen LogP contribution in [-0.2, 0) is 11.3 Å². The standard InChI is InChI=1S/C14H20N2O3/c1-10-8-11(14(15)19)5-6-12(10)9-16(2)7-3-4-13(17)18/h5-6,8H,3-4,7,9H2,1-2H3,(H2,15,19)(H,17,18). The van der Waals surface area contributed by atoms with E-state index in [1.165, 1.54) is 0 Å². The van der Waals surface area contributed by atoms with Gasteiger partial charge in [-0.25, -0.2) is 0 Å². The van der Waals surface area contributed by atoms with Gasteiger partial charge < -0.3 is 15.7 Å². The van der Waals surface area contributed by atoms with Gasteiger partial charge in [0.05, 0.1) is 0 Å². The molecule has 0 saturated carbocycles. The summed E-state index contributed by atoms with van der Waals surface area (Å²) in [6, 6.07) is 5.39. The maximum absolute atomic E-state index is 11.0. The second-order valence-corrected chi connectivity index (χ2v) is 4.74. The highest BCUT2D eigenvalue weighted by Crippen LogP contribution is 2.13. The smallest absolute Gasteiger partial charge is 0.303 e. The average molecular weight is 264 g/mol. The van der Waals surface area contributed by atoms with Crippen molar-refractivity contribution in [2.75, 3.05) is 13.6 Å². The molecule has 0 radical (unpaired) electrons. The summed E-state index contributed by atoms with van der Waals surface area (Å²) in [6.07, 6.45) is 0.814. The number of benzene rings is 1. The van der Waals surface area contributed by atoms with Crippen molar-refractivity contribution >= 4 is 11.9 Å². The van der Waals surface area contributed by atoms with E-state index in [0.717, 1.165) is 24.2 Å². The number of carbonyl (C=O) groups excluding carboxylic acids is 1. The van der Waals surface area contributed by atoms with Crippen LogP contribution in [0.3, 0.4) is 0 Å². The molecule has 19 heavy (non-hydrogen) atoms. The molecule has 0 heterocycles. The topological polar surface area (TPSA) is 83.6 Å². The van der Waals surface area contributed by atoms with Crippen LogP contribution in [0.1, 0.15) is 34.3 Å². The lowest BCUT2D eigenvalue weighted by Gasteiger charge is -2.17. The number of aryl methyl sites for hydroxylation is 1. The molecule has 1 amide bonds. The predicted octanol–water partition coefficient (Wildman–Crippen LogP) is 1.39. The normalized spacial score (nSPS) is 10.7. The summed E-state index contributed by atoms with van der Waals surface area (Å²) in [5.74, 6) is -1.19. The van der Waals surface area contributed by atoms with Crippen molar-refractivity contribution in [1.82, 2.24) is 4.90 Å². The molecular formula is C14H20N2O3. The van der Waals surface area contributed by atoms with E-state index in [2.05, 4.69) is 4.90 Å². The Hall–Kier alpha value is -1.88. The van der Waals surface area contributed by atoms with Crippen molar-refractivity contribution in [1.29, 1.82) is 0 Å². The number of hydrogen-bond acceptors (Lipinski definition) is 3. The van der Waals surface area contributed by atoms with Crippen LogP contribution < -0.4 is 5.73 Å². The number of carboxylic acid groups (broad SMARTS) is 1. The van der Waals surface area contributed by atoms with Crippen molar-refractivity contribution in [3.63, 3.8) is 0 Å². The highest BCUT2D eigenvalue weighted by molar-refractivity contribution is 5.93. The van der Waals surface area contributed by atoms with Crippen LogP contribution in [0.25, 0.3) is 0 Å². The second kappa shape index (κ2) is 6.89. The minimum atomic E-state index is -0.768. The van der Waals surface area contributed by atoms with Crippen LogP contribution in [0, 0.1) is 6.92 Å². The molecule has 5 nitrogen and oxygen atoms in total. The monoisotopic (exact) mass is 264 g/mol. The molecule has 0 aromatic heterocycles. The van der Waals surface area contributed by atoms with Gasteiger partial charge in [-0.05, 0) is 50.2 Å². The van der Waals surface area contributed by atoms with Gasteiger partial charge >= 0.3 is 5.97 Å². The zero-order valence-electron chi connectivity index (χ0n) is 11.3. The number of nitrogens with two attached hydrogens (primary N) is 1. The maximum atomic E-state index is 11.0. The van der Waals surface area contributed by atoms with Gasteiger partial charge in [0, 0.05) is 18.5 Å². The zero-order chi connectivity index (χ0) is 14.4. The van der Waals surface area contributed by atoms with Gasteiger partial charge in [-0.2, -0.15) is 0 Å². The van der Waals surface area contributed by atoms with Crippen molar-refractivity contribution in [2.24, 2.45) is 5.73 Å². The first-order chi connectivity index (χ1) is 8.90. The molecule has 0 aliphatic rings. The number of primary amides is 1. The Kier molecular flexibility index (Phi) is 5.51. The molecule has 0 bridgehead atoms. The molecular weight excluding hydrogens is 244 g/mol. The SMILES string of the molecule is Cc1cc(C(N)=O)ccc1CN(C)CCCC(=O)O. The number of nitrogens with zero attached hydrogens (tertiary/aromatic N) is 1. The molecule has 0 aliphatic carbocycles. The first kappa shape index (κ1) is 15.2. The summed E-state index contributed by atoms with van der Waals surface area (Å²) in [7, 11) is 1.95. The van der Waals surface area contributed by atoms with Crippen molar-refractivity contribution in [2.45, 2.75) is 26.3 Å². The van der Waals surface area contributed by atoms with E-state index in [-0.39, 0.29) is 6.42 Å². The lowest BCUT2D eigenvalue weighted by Crippen LogP contribution is -2.20. The lowest BCUT2D eigenvalue weighted by molar-refractivity contribution is -0.137. The van der Waals surface area contributed by atoms with Crippen molar-refractivity contribution < 1.29 is 14.7 Å². The molecule has 104 valence electrons. The molecule has 5 heteroatoms. The molecule has 0 saturated heterocycles. The van der Waals surface area contributed by atoms with Gasteiger partial charge in [-0.15, -0.1) is 0 Å². The van der Waals surface area contributed by atoms with Crippen LogP contribution in [0.15, 0.2) is 18.2 Å². The van der Waals surface area contributed by atoms with Gasteiger partial charge in [0.25, 0.3) is 0 Å². The third-order valence-electron chi connectivity index (χ3n) is 3.00. The molecule has 1 rings (SSSR count). The van der Waals surface area contributed by atoms with Crippen molar-refractivity contribution in [3.05, 3.63) is 34.9 Å². The number of carbonyl (C=O) groups is 2. The Bertz CT molecular complexity index is 472. The molecule has 1 aromatic carbocycles. The highest BCUT2D eigenvalue weighted by Gasteiger charge is 2.07. The minimum absolute atomic E-state index is 0.184. The molecule has 0 fully saturated rings. The van der Waals surface area contributed by atoms with Crippen LogP contribution in [-0.4, -0.2) is 35.5 Å². The fraction of sp³-hybridized carbons (Fsp3) is 0.429. The third kappa shape index (κ3) is 5.09. The van der Waals surface area contributed by atoms with E-state index < -0.39 is 11.9 Å². The number of aliphatic carboxylic acids is 1. The summed E-state index contributed by atoms with van der Waals surface area (Å²) in [6.45, 7) is 3.39. The number of rotatable bonds is 7. The maximum Gasteiger partial charge on any atom is 0.303 e. The predicted molar refractivity (Wildman–Crippen MR) is 72.9 cm³/mol. The molecule has 1 aromatic rings. The van der Waals surface area contributed by atoms with Crippen LogP contribution in [0.4, 0.5) is 0 Å². The van der Waals surface area contributed by atoms with Crippen LogP contribution in [0.2, 0.25) is 0 Å². The summed E-state index contributed by atoms with van der Waals surface area (Å²) >= 11 is 0. The summed E-state index contributed by atoms with van der Waals surface area (Å²) in [5.41, 5.74) is 7.86. The van der Waals surface area contributed by atoms with Gasteiger partial charge in [0.15, 0.2) is 0 Å². The third-order valence-corrected chi connectivity index (χ3v) is 3.00. The number of hydrogen-bond donors (Lipinski definition) is 2. The Morgan fingerprint density at radius 2 is 2.05 bits per heavy atom. The van der Waals surface area contributed by atoms with E-state index in [1.807, 2.05) is 20.0 Å². The van der Waals surface area contributed by atoms with E-state index >= 15 is 0 Å². The first-order valence-corrected chi connectivity index (χ1v) is 6.20. The summed E-state index contributed by atoms with van der Waals surface area (Å²) < 4.78 is 0. The van der Waals surface area contributed by atoms with E-state index in [0.29, 0.717) is 12.0 Å². The Balaban J connectivity index is 2.57. The molecule has 0 spiro atoms. The van der Waals surface area contributed by atoms with Crippen molar-refractivity contribution in [3.8, 4) is 0 Å². The number of amides is 1. The molecule has 0 aliphatic heterocycles. The fourth-order valence-corrected chi connectivity index (χ4v) is 1.90. The van der Waals surface area contributed by atoms with E-state index in [4.69, 9.17) is 10.8 Å². The van der Waals surface area contributed by atoms with Crippen LogP contribution in [0.5, 0.6) is 0 Å². The largest absolute Gasteiger partial charge is 0.481 e. The average Bonchev–Trinajstić information content (AvgIpc) is 2.31. The van der Waals surface area contributed by atoms with Gasteiger partial charge in [0.2, 0.25) is 5.91 Å². The molecule has 3 N–H and O–H groups in total. The zero-order valence-corrected chi connectivity index (χ0v) is 11.3. The fourth-order valence-electron chi connectivity index (χ4n) is 1.90. The van der Waals surface area contributed by atoms with E-state index in [1.54, 1.807) is 12.1 Å². The Morgan fingerprint density at radius 3 is 2.58 bits per heavy atom. The molecule has 0 atom stereocenters.